The molecular weight excluding hydrogens is 240 g/mol. The maximum atomic E-state index is 11.6. The predicted octanol–water partition coefficient (Wildman–Crippen LogP) is 0.472. The number of hydrogen-bond donors (Lipinski definition) is 1. The van der Waals surface area contributed by atoms with Crippen LogP contribution in [0.5, 0.6) is 0 Å². The van der Waals surface area contributed by atoms with E-state index in [2.05, 4.69) is 4.98 Å². The topological polar surface area (TPSA) is 62.5 Å². The summed E-state index contributed by atoms with van der Waals surface area (Å²) in [6, 6.07) is 1.80. The van der Waals surface area contributed by atoms with Crippen LogP contribution in [-0.2, 0) is 11.3 Å². The van der Waals surface area contributed by atoms with Gasteiger partial charge in [-0.3, -0.25) is 4.79 Å². The van der Waals surface area contributed by atoms with Crippen LogP contribution >= 0.6 is 11.6 Å². The van der Waals surface area contributed by atoms with Gasteiger partial charge in [0.15, 0.2) is 0 Å². The summed E-state index contributed by atoms with van der Waals surface area (Å²) in [5.74, 6) is 0.725. The Hall–Kier alpha value is -1.33. The number of carbonyl (C=O) groups is 1. The van der Waals surface area contributed by atoms with Gasteiger partial charge in [-0.05, 0) is 11.6 Å². The van der Waals surface area contributed by atoms with E-state index in [1.54, 1.807) is 24.2 Å². The number of piperazine rings is 1. The lowest BCUT2D eigenvalue weighted by Gasteiger charge is -2.33. The molecule has 1 aliphatic rings. The van der Waals surface area contributed by atoms with Gasteiger partial charge in [0, 0.05) is 32.9 Å². The van der Waals surface area contributed by atoms with E-state index in [4.69, 9.17) is 17.3 Å². The number of anilines is 1. The van der Waals surface area contributed by atoms with Crippen molar-refractivity contribution in [2.45, 2.75) is 6.54 Å². The highest BCUT2D eigenvalue weighted by Gasteiger charge is 2.24. The van der Waals surface area contributed by atoms with Crippen LogP contribution in [0.3, 0.4) is 0 Å². The molecule has 2 heterocycles. The number of rotatable bonds is 2. The van der Waals surface area contributed by atoms with Crippen LogP contribution < -0.4 is 10.6 Å². The highest BCUT2D eigenvalue weighted by molar-refractivity contribution is 6.33. The van der Waals surface area contributed by atoms with Gasteiger partial charge in [0.2, 0.25) is 5.91 Å². The molecule has 1 saturated heterocycles. The van der Waals surface area contributed by atoms with Gasteiger partial charge >= 0.3 is 0 Å². The summed E-state index contributed by atoms with van der Waals surface area (Å²) in [5, 5.41) is 0.548. The van der Waals surface area contributed by atoms with Gasteiger partial charge in [0.05, 0.1) is 11.6 Å². The monoisotopic (exact) mass is 254 g/mol. The summed E-state index contributed by atoms with van der Waals surface area (Å²) in [5.41, 5.74) is 6.44. The lowest BCUT2D eigenvalue weighted by molar-refractivity contribution is -0.129. The Morgan fingerprint density at radius 2 is 2.29 bits per heavy atom. The zero-order valence-corrected chi connectivity index (χ0v) is 10.4. The van der Waals surface area contributed by atoms with Crippen molar-refractivity contribution in [3.05, 3.63) is 22.8 Å². The van der Waals surface area contributed by atoms with Crippen LogP contribution in [0, 0.1) is 0 Å². The van der Waals surface area contributed by atoms with E-state index >= 15 is 0 Å². The first-order chi connectivity index (χ1) is 8.13. The molecule has 1 aliphatic heterocycles. The molecule has 1 fully saturated rings. The van der Waals surface area contributed by atoms with Gasteiger partial charge in [-0.15, -0.1) is 0 Å². The Balaban J connectivity index is 2.26. The van der Waals surface area contributed by atoms with Gasteiger partial charge in [0.1, 0.15) is 5.82 Å². The number of halogens is 1. The Labute approximate surface area is 105 Å². The molecule has 1 aromatic rings. The Kier molecular flexibility index (Phi) is 3.49. The Bertz CT molecular complexity index is 437. The first kappa shape index (κ1) is 12.1. The largest absolute Gasteiger partial charge is 0.344 e. The minimum Gasteiger partial charge on any atom is -0.344 e. The van der Waals surface area contributed by atoms with Crippen LogP contribution in [0.1, 0.15) is 5.56 Å². The van der Waals surface area contributed by atoms with Crippen molar-refractivity contribution >= 4 is 23.3 Å². The minimum absolute atomic E-state index is 0.0762. The zero-order valence-electron chi connectivity index (χ0n) is 9.69. The molecule has 5 nitrogen and oxygen atoms in total. The van der Waals surface area contributed by atoms with Crippen molar-refractivity contribution in [2.75, 3.05) is 31.6 Å². The highest BCUT2D eigenvalue weighted by Crippen LogP contribution is 2.27. The standard InChI is InChI=1S/C11H15ClN4O/c1-15-4-5-16(7-9(15)17)11-10(12)8(6-13)2-3-14-11/h2-3H,4-7,13H2,1H3. The Morgan fingerprint density at radius 3 is 2.94 bits per heavy atom. The van der Waals surface area contributed by atoms with Crippen molar-refractivity contribution in [1.29, 1.82) is 0 Å². The maximum absolute atomic E-state index is 11.6. The minimum atomic E-state index is 0.0762. The number of nitrogens with zero attached hydrogens (tertiary/aromatic N) is 3. The number of hydrogen-bond acceptors (Lipinski definition) is 4. The fraction of sp³-hybridized carbons (Fsp3) is 0.455. The number of nitrogens with two attached hydrogens (primary N) is 1. The third-order valence-corrected chi connectivity index (χ3v) is 3.34. The number of likely N-dealkylation sites (N-methyl/N-ethyl adjacent to an activating group) is 1. The average Bonchev–Trinajstić information content (AvgIpc) is 2.33. The molecule has 0 atom stereocenters. The van der Waals surface area contributed by atoms with E-state index in [0.717, 1.165) is 12.1 Å². The molecule has 1 aromatic heterocycles. The highest BCUT2D eigenvalue weighted by atomic mass is 35.5. The van der Waals surface area contributed by atoms with Crippen LogP contribution in [0.25, 0.3) is 0 Å². The van der Waals surface area contributed by atoms with E-state index in [1.807, 2.05) is 4.90 Å². The lowest BCUT2D eigenvalue weighted by atomic mass is 10.2. The summed E-state index contributed by atoms with van der Waals surface area (Å²) in [6.45, 7) is 2.11. The summed E-state index contributed by atoms with van der Waals surface area (Å²) in [7, 11) is 1.80. The third-order valence-electron chi connectivity index (χ3n) is 2.93. The molecule has 6 heteroatoms. The fourth-order valence-electron chi connectivity index (χ4n) is 1.79. The first-order valence-electron chi connectivity index (χ1n) is 5.46. The molecule has 0 radical (unpaired) electrons. The van der Waals surface area contributed by atoms with E-state index in [9.17, 15) is 4.79 Å². The van der Waals surface area contributed by atoms with Crippen LogP contribution in [0.4, 0.5) is 5.82 Å². The third kappa shape index (κ3) is 2.35. The van der Waals surface area contributed by atoms with Crippen molar-refractivity contribution in [2.24, 2.45) is 5.73 Å². The molecule has 0 aliphatic carbocycles. The first-order valence-corrected chi connectivity index (χ1v) is 5.83. The van der Waals surface area contributed by atoms with Crippen molar-refractivity contribution < 1.29 is 4.79 Å². The second-order valence-electron chi connectivity index (χ2n) is 4.05. The predicted molar refractivity (Wildman–Crippen MR) is 67.0 cm³/mol. The molecule has 0 saturated carbocycles. The molecule has 0 spiro atoms. The number of carbonyl (C=O) groups excluding carboxylic acids is 1. The van der Waals surface area contributed by atoms with Crippen LogP contribution in [0.15, 0.2) is 12.3 Å². The molecule has 1 amide bonds. The van der Waals surface area contributed by atoms with E-state index in [-0.39, 0.29) is 5.91 Å². The summed E-state index contributed by atoms with van der Waals surface area (Å²) in [4.78, 5) is 19.5. The van der Waals surface area contributed by atoms with E-state index in [0.29, 0.717) is 30.5 Å². The van der Waals surface area contributed by atoms with Gasteiger partial charge in [0.25, 0.3) is 0 Å². The fourth-order valence-corrected chi connectivity index (χ4v) is 2.10. The molecule has 0 bridgehead atoms. The van der Waals surface area contributed by atoms with Crippen LogP contribution in [-0.4, -0.2) is 42.5 Å². The molecule has 2 rings (SSSR count). The van der Waals surface area contributed by atoms with Gasteiger partial charge in [-0.2, -0.15) is 0 Å². The Morgan fingerprint density at radius 1 is 1.53 bits per heavy atom. The van der Waals surface area contributed by atoms with Crippen LogP contribution in [0.2, 0.25) is 5.02 Å². The smallest absolute Gasteiger partial charge is 0.241 e. The molecule has 2 N–H and O–H groups in total. The summed E-state index contributed by atoms with van der Waals surface area (Å²) >= 11 is 6.22. The average molecular weight is 255 g/mol. The molecular formula is C11H15ClN4O. The second kappa shape index (κ2) is 4.89. The number of amides is 1. The molecule has 0 aromatic carbocycles. The number of pyridine rings is 1. The normalized spacial score (nSPS) is 16.5. The SMILES string of the molecule is CN1CCN(c2nccc(CN)c2Cl)CC1=O. The zero-order chi connectivity index (χ0) is 12.4. The van der Waals surface area contributed by atoms with Crippen molar-refractivity contribution in [3.8, 4) is 0 Å². The molecule has 0 unspecified atom stereocenters. The molecule has 92 valence electrons. The van der Waals surface area contributed by atoms with Gasteiger partial charge in [-0.25, -0.2) is 4.98 Å². The summed E-state index contributed by atoms with van der Waals surface area (Å²) in [6.07, 6.45) is 1.67. The number of aromatic nitrogens is 1. The quantitative estimate of drug-likeness (QED) is 0.834. The summed E-state index contributed by atoms with van der Waals surface area (Å²) < 4.78 is 0. The van der Waals surface area contributed by atoms with Gasteiger partial charge in [-0.1, -0.05) is 11.6 Å². The van der Waals surface area contributed by atoms with E-state index < -0.39 is 0 Å². The van der Waals surface area contributed by atoms with Crippen molar-refractivity contribution in [1.82, 2.24) is 9.88 Å². The van der Waals surface area contributed by atoms with Crippen molar-refractivity contribution in [3.63, 3.8) is 0 Å². The lowest BCUT2D eigenvalue weighted by Crippen LogP contribution is -2.49. The van der Waals surface area contributed by atoms with E-state index in [1.165, 1.54) is 0 Å². The molecule has 17 heavy (non-hydrogen) atoms. The van der Waals surface area contributed by atoms with Gasteiger partial charge < -0.3 is 15.5 Å². The maximum Gasteiger partial charge on any atom is 0.241 e. The second-order valence-corrected chi connectivity index (χ2v) is 4.43.